The number of fused-ring (bicyclic) bond motifs is 3. The summed E-state index contributed by atoms with van der Waals surface area (Å²) >= 11 is 0. The summed E-state index contributed by atoms with van der Waals surface area (Å²) in [7, 11) is 1.55. The lowest BCUT2D eigenvalue weighted by molar-refractivity contribution is -0.119. The molecule has 1 unspecified atom stereocenters. The van der Waals surface area contributed by atoms with Crippen LogP contribution in [0, 0.1) is 5.82 Å². The molecule has 3 aromatic carbocycles. The molecule has 29 heavy (non-hydrogen) atoms. The molecule has 1 spiro atoms. The molecule has 2 N–H and O–H groups in total. The Kier molecular flexibility index (Phi) is 3.61. The van der Waals surface area contributed by atoms with Crippen LogP contribution in [0.15, 0.2) is 66.7 Å². The van der Waals surface area contributed by atoms with Gasteiger partial charge in [0.25, 0.3) is 11.8 Å². The van der Waals surface area contributed by atoms with Gasteiger partial charge in [-0.25, -0.2) is 4.39 Å². The van der Waals surface area contributed by atoms with Gasteiger partial charge in [-0.3, -0.25) is 14.5 Å². The van der Waals surface area contributed by atoms with E-state index in [1.807, 2.05) is 0 Å². The molecule has 7 heteroatoms. The SMILES string of the molecule is COc1ccc(N2C(=O)c3ccccc3NC23C(=O)Nc2ccc(F)cc23)cc1. The van der Waals surface area contributed by atoms with Gasteiger partial charge in [0.2, 0.25) is 5.66 Å². The maximum atomic E-state index is 14.2. The van der Waals surface area contributed by atoms with E-state index in [2.05, 4.69) is 10.6 Å². The molecule has 2 heterocycles. The number of rotatable bonds is 2. The van der Waals surface area contributed by atoms with Gasteiger partial charge < -0.3 is 15.4 Å². The van der Waals surface area contributed by atoms with E-state index in [0.29, 0.717) is 33.9 Å². The molecule has 144 valence electrons. The van der Waals surface area contributed by atoms with Crippen LogP contribution in [-0.4, -0.2) is 18.9 Å². The number of carbonyl (C=O) groups excluding carboxylic acids is 2. The molecule has 1 atom stereocenters. The molecule has 0 saturated heterocycles. The predicted molar refractivity (Wildman–Crippen MR) is 107 cm³/mol. The van der Waals surface area contributed by atoms with Crippen molar-refractivity contribution in [2.24, 2.45) is 0 Å². The first-order valence-electron chi connectivity index (χ1n) is 9.02. The number of carbonyl (C=O) groups is 2. The Morgan fingerprint density at radius 1 is 0.966 bits per heavy atom. The van der Waals surface area contributed by atoms with Crippen LogP contribution >= 0.6 is 0 Å². The Morgan fingerprint density at radius 2 is 1.72 bits per heavy atom. The van der Waals surface area contributed by atoms with Crippen molar-refractivity contribution in [3.8, 4) is 5.75 Å². The lowest BCUT2D eigenvalue weighted by Crippen LogP contribution is -2.61. The Balaban J connectivity index is 1.79. The number of benzene rings is 3. The molecule has 2 amide bonds. The van der Waals surface area contributed by atoms with Crippen molar-refractivity contribution in [1.29, 1.82) is 0 Å². The first kappa shape index (κ1) is 17.2. The molecule has 0 aliphatic carbocycles. The zero-order valence-electron chi connectivity index (χ0n) is 15.4. The second kappa shape index (κ2) is 6.07. The van der Waals surface area contributed by atoms with E-state index in [9.17, 15) is 14.0 Å². The van der Waals surface area contributed by atoms with Crippen molar-refractivity contribution < 1.29 is 18.7 Å². The van der Waals surface area contributed by atoms with Crippen molar-refractivity contribution in [3.63, 3.8) is 0 Å². The Hall–Kier alpha value is -3.87. The number of para-hydroxylation sites is 1. The van der Waals surface area contributed by atoms with Crippen molar-refractivity contribution >= 4 is 28.9 Å². The first-order valence-corrected chi connectivity index (χ1v) is 9.02. The van der Waals surface area contributed by atoms with Gasteiger partial charge in [0.05, 0.1) is 12.7 Å². The van der Waals surface area contributed by atoms with Crippen molar-refractivity contribution in [1.82, 2.24) is 0 Å². The average molecular weight is 389 g/mol. The van der Waals surface area contributed by atoms with Gasteiger partial charge in [-0.1, -0.05) is 12.1 Å². The summed E-state index contributed by atoms with van der Waals surface area (Å²) in [6.07, 6.45) is 0. The zero-order chi connectivity index (χ0) is 20.2. The van der Waals surface area contributed by atoms with Gasteiger partial charge in [0.1, 0.15) is 11.6 Å². The molecule has 0 fully saturated rings. The van der Waals surface area contributed by atoms with Crippen LogP contribution in [0.25, 0.3) is 0 Å². The predicted octanol–water partition coefficient (Wildman–Crippen LogP) is 3.71. The van der Waals surface area contributed by atoms with E-state index in [0.717, 1.165) is 0 Å². The van der Waals surface area contributed by atoms with Gasteiger partial charge in [0, 0.05) is 22.6 Å². The summed E-state index contributed by atoms with van der Waals surface area (Å²) in [5.41, 5.74) is 0.597. The summed E-state index contributed by atoms with van der Waals surface area (Å²) < 4.78 is 19.4. The van der Waals surface area contributed by atoms with Crippen LogP contribution in [0.3, 0.4) is 0 Å². The topological polar surface area (TPSA) is 70.7 Å². The normalized spacial score (nSPS) is 19.4. The van der Waals surface area contributed by atoms with E-state index in [4.69, 9.17) is 4.74 Å². The van der Waals surface area contributed by atoms with Gasteiger partial charge in [-0.15, -0.1) is 0 Å². The molecule has 0 aromatic heterocycles. The van der Waals surface area contributed by atoms with E-state index in [-0.39, 0.29) is 5.91 Å². The first-order chi connectivity index (χ1) is 14.0. The van der Waals surface area contributed by atoms with Gasteiger partial charge in [0.15, 0.2) is 0 Å². The van der Waals surface area contributed by atoms with E-state index in [1.54, 1.807) is 55.6 Å². The molecule has 3 aromatic rings. The number of nitrogens with zero attached hydrogens (tertiary/aromatic N) is 1. The van der Waals surface area contributed by atoms with E-state index < -0.39 is 17.4 Å². The molecule has 2 aliphatic heterocycles. The smallest absolute Gasteiger partial charge is 0.276 e. The highest BCUT2D eigenvalue weighted by Gasteiger charge is 2.57. The molecule has 0 bridgehead atoms. The fraction of sp³-hybridized carbons (Fsp3) is 0.0909. The number of anilines is 3. The highest BCUT2D eigenvalue weighted by Crippen LogP contribution is 2.47. The minimum atomic E-state index is -1.61. The summed E-state index contributed by atoms with van der Waals surface area (Å²) in [4.78, 5) is 28.2. The number of hydrogen-bond donors (Lipinski definition) is 2. The molecule has 5 rings (SSSR count). The second-order valence-electron chi connectivity index (χ2n) is 6.86. The lowest BCUT2D eigenvalue weighted by atomic mass is 9.92. The molecule has 6 nitrogen and oxygen atoms in total. The third kappa shape index (κ3) is 2.34. The van der Waals surface area contributed by atoms with E-state index >= 15 is 0 Å². The summed E-state index contributed by atoms with van der Waals surface area (Å²) in [6, 6.07) is 17.8. The minimum absolute atomic E-state index is 0.348. The van der Waals surface area contributed by atoms with Crippen LogP contribution in [0.2, 0.25) is 0 Å². The van der Waals surface area contributed by atoms with Gasteiger partial charge >= 0.3 is 0 Å². The number of methoxy groups -OCH3 is 1. The van der Waals surface area contributed by atoms with Gasteiger partial charge in [-0.2, -0.15) is 0 Å². The Bertz CT molecular complexity index is 1160. The van der Waals surface area contributed by atoms with Crippen LogP contribution < -0.4 is 20.3 Å². The minimum Gasteiger partial charge on any atom is -0.497 e. The number of ether oxygens (including phenoxy) is 1. The third-order valence-corrected chi connectivity index (χ3v) is 5.29. The molecule has 2 aliphatic rings. The summed E-state index contributed by atoms with van der Waals surface area (Å²) in [6.45, 7) is 0. The fourth-order valence-electron chi connectivity index (χ4n) is 3.95. The van der Waals surface area contributed by atoms with Crippen LogP contribution in [0.1, 0.15) is 15.9 Å². The average Bonchev–Trinajstić information content (AvgIpc) is 3.00. The standard InChI is InChI=1S/C22H16FN3O3/c1-29-15-9-7-14(8-10-15)26-20(27)16-4-2-3-5-18(16)25-22(26)17-12-13(23)6-11-19(17)24-21(22)28/h2-12,25H,1H3,(H,24,28). The monoisotopic (exact) mass is 389 g/mol. The fourth-order valence-corrected chi connectivity index (χ4v) is 3.95. The number of amides is 2. The maximum Gasteiger partial charge on any atom is 0.276 e. The van der Waals surface area contributed by atoms with Crippen molar-refractivity contribution in [2.45, 2.75) is 5.66 Å². The summed E-state index contributed by atoms with van der Waals surface area (Å²) in [5.74, 6) is -0.709. The molecule has 0 radical (unpaired) electrons. The molecular formula is C22H16FN3O3. The zero-order valence-corrected chi connectivity index (χ0v) is 15.4. The quantitative estimate of drug-likeness (QED) is 0.701. The summed E-state index contributed by atoms with van der Waals surface area (Å²) in [5, 5.41) is 5.98. The van der Waals surface area contributed by atoms with Crippen LogP contribution in [0.4, 0.5) is 21.5 Å². The second-order valence-corrected chi connectivity index (χ2v) is 6.86. The van der Waals surface area contributed by atoms with E-state index in [1.165, 1.54) is 23.1 Å². The molecule has 0 saturated carbocycles. The maximum absolute atomic E-state index is 14.2. The highest BCUT2D eigenvalue weighted by molar-refractivity contribution is 6.21. The Labute approximate surface area is 165 Å². The van der Waals surface area contributed by atoms with Crippen molar-refractivity contribution in [3.05, 3.63) is 83.7 Å². The van der Waals surface area contributed by atoms with Gasteiger partial charge in [-0.05, 0) is 54.6 Å². The van der Waals surface area contributed by atoms with Crippen LogP contribution in [-0.2, 0) is 10.5 Å². The molecular weight excluding hydrogens is 373 g/mol. The largest absolute Gasteiger partial charge is 0.497 e. The van der Waals surface area contributed by atoms with Crippen molar-refractivity contribution in [2.75, 3.05) is 22.6 Å². The Morgan fingerprint density at radius 3 is 2.48 bits per heavy atom. The lowest BCUT2D eigenvalue weighted by Gasteiger charge is -2.44. The number of halogens is 1. The number of hydrogen-bond acceptors (Lipinski definition) is 4. The third-order valence-electron chi connectivity index (χ3n) is 5.29. The van der Waals surface area contributed by atoms with Crippen LogP contribution in [0.5, 0.6) is 5.75 Å². The highest BCUT2D eigenvalue weighted by atomic mass is 19.1. The number of nitrogens with one attached hydrogen (secondary N) is 2.